The van der Waals surface area contributed by atoms with E-state index in [1.165, 1.54) is 7.11 Å². The fraction of sp³-hybridized carbons (Fsp3) is 0.778. The first-order chi connectivity index (χ1) is 7.19. The second kappa shape index (κ2) is 5.55. The van der Waals surface area contributed by atoms with Gasteiger partial charge < -0.3 is 14.9 Å². The Bertz CT molecular complexity index is 238. The van der Waals surface area contributed by atoms with Gasteiger partial charge in [-0.1, -0.05) is 0 Å². The van der Waals surface area contributed by atoms with E-state index in [1.54, 1.807) is 6.92 Å². The summed E-state index contributed by atoms with van der Waals surface area (Å²) in [5.74, 6) is -0.431. The minimum atomic E-state index is -0.663. The SMILES string of the molecule is CCN(OC(=O)[C@H]1CCCN1)C(=O)OC. The van der Waals surface area contributed by atoms with E-state index >= 15 is 0 Å². The number of ether oxygens (including phenoxy) is 1. The summed E-state index contributed by atoms with van der Waals surface area (Å²) in [6.07, 6.45) is 1.03. The van der Waals surface area contributed by atoms with Crippen molar-refractivity contribution in [2.24, 2.45) is 0 Å². The Labute approximate surface area is 88.5 Å². The van der Waals surface area contributed by atoms with Crippen molar-refractivity contribution in [2.45, 2.75) is 25.8 Å². The van der Waals surface area contributed by atoms with Crippen LogP contribution in [0, 0.1) is 0 Å². The molecule has 15 heavy (non-hydrogen) atoms. The van der Waals surface area contributed by atoms with Crippen LogP contribution in [0.4, 0.5) is 4.79 Å². The van der Waals surface area contributed by atoms with Crippen LogP contribution in [0.5, 0.6) is 0 Å². The van der Waals surface area contributed by atoms with Gasteiger partial charge in [0, 0.05) is 0 Å². The van der Waals surface area contributed by atoms with Gasteiger partial charge in [0.2, 0.25) is 0 Å². The van der Waals surface area contributed by atoms with Gasteiger partial charge in [-0.2, -0.15) is 0 Å². The predicted octanol–water partition coefficient (Wildman–Crippen LogP) is 0.285. The molecule has 0 radical (unpaired) electrons. The molecule has 1 aliphatic heterocycles. The van der Waals surface area contributed by atoms with Gasteiger partial charge in [0.1, 0.15) is 6.04 Å². The molecule has 1 aliphatic rings. The number of hydrogen-bond donors (Lipinski definition) is 1. The van der Waals surface area contributed by atoms with Gasteiger partial charge in [-0.15, -0.1) is 5.06 Å². The first-order valence-corrected chi connectivity index (χ1v) is 4.99. The quantitative estimate of drug-likeness (QED) is 0.672. The summed E-state index contributed by atoms with van der Waals surface area (Å²) in [5, 5.41) is 3.89. The maximum atomic E-state index is 11.5. The van der Waals surface area contributed by atoms with E-state index in [2.05, 4.69) is 10.1 Å². The zero-order valence-corrected chi connectivity index (χ0v) is 8.99. The highest BCUT2D eigenvalue weighted by Gasteiger charge is 2.27. The highest BCUT2D eigenvalue weighted by atomic mass is 16.7. The molecule has 1 N–H and O–H groups in total. The molecule has 1 fully saturated rings. The van der Waals surface area contributed by atoms with E-state index in [9.17, 15) is 9.59 Å². The standard InChI is InChI=1S/C9H16N2O4/c1-3-11(9(13)14-2)15-8(12)7-5-4-6-10-7/h7,10H,3-6H2,1-2H3/t7-/m1/s1. The molecule has 0 aromatic rings. The van der Waals surface area contributed by atoms with Gasteiger partial charge in [-0.3, -0.25) is 0 Å². The number of amides is 1. The third-order valence-electron chi connectivity index (χ3n) is 2.21. The van der Waals surface area contributed by atoms with E-state index in [-0.39, 0.29) is 12.6 Å². The van der Waals surface area contributed by atoms with Gasteiger partial charge in [0.05, 0.1) is 13.7 Å². The fourth-order valence-electron chi connectivity index (χ4n) is 1.39. The predicted molar refractivity (Wildman–Crippen MR) is 51.9 cm³/mol. The first kappa shape index (κ1) is 11.8. The lowest BCUT2D eigenvalue weighted by Crippen LogP contribution is -2.40. The van der Waals surface area contributed by atoms with Gasteiger partial charge >= 0.3 is 12.1 Å². The van der Waals surface area contributed by atoms with Crippen molar-refractivity contribution in [1.82, 2.24) is 10.4 Å². The Morgan fingerprint density at radius 1 is 1.53 bits per heavy atom. The molecule has 0 unspecified atom stereocenters. The summed E-state index contributed by atoms with van der Waals surface area (Å²) < 4.78 is 4.46. The van der Waals surface area contributed by atoms with E-state index < -0.39 is 12.1 Å². The van der Waals surface area contributed by atoms with Crippen LogP contribution in [-0.4, -0.2) is 43.4 Å². The van der Waals surface area contributed by atoms with E-state index in [0.29, 0.717) is 0 Å². The van der Waals surface area contributed by atoms with E-state index in [0.717, 1.165) is 24.4 Å². The minimum Gasteiger partial charge on any atom is -0.451 e. The normalized spacial score (nSPS) is 19.7. The Morgan fingerprint density at radius 2 is 2.27 bits per heavy atom. The topological polar surface area (TPSA) is 67.9 Å². The van der Waals surface area contributed by atoms with Crippen molar-refractivity contribution in [3.63, 3.8) is 0 Å². The van der Waals surface area contributed by atoms with Crippen molar-refractivity contribution >= 4 is 12.1 Å². The summed E-state index contributed by atoms with van der Waals surface area (Å²) >= 11 is 0. The van der Waals surface area contributed by atoms with Crippen LogP contribution in [0.25, 0.3) is 0 Å². The number of hydrogen-bond acceptors (Lipinski definition) is 5. The second-order valence-corrected chi connectivity index (χ2v) is 3.22. The van der Waals surface area contributed by atoms with Crippen LogP contribution in [0.3, 0.4) is 0 Å². The lowest BCUT2D eigenvalue weighted by molar-refractivity contribution is -0.182. The molecule has 1 saturated heterocycles. The summed E-state index contributed by atoms with van der Waals surface area (Å²) in [7, 11) is 1.24. The number of nitrogens with zero attached hydrogens (tertiary/aromatic N) is 1. The highest BCUT2D eigenvalue weighted by Crippen LogP contribution is 2.08. The molecule has 0 aromatic carbocycles. The van der Waals surface area contributed by atoms with Gasteiger partial charge in [-0.25, -0.2) is 9.59 Å². The largest absolute Gasteiger partial charge is 0.451 e. The molecular weight excluding hydrogens is 200 g/mol. The third-order valence-corrected chi connectivity index (χ3v) is 2.21. The molecule has 1 amide bonds. The maximum Gasteiger partial charge on any atom is 0.443 e. The Hall–Kier alpha value is -1.30. The average molecular weight is 216 g/mol. The highest BCUT2D eigenvalue weighted by molar-refractivity contribution is 5.78. The summed E-state index contributed by atoms with van der Waals surface area (Å²) in [5.41, 5.74) is 0. The van der Waals surface area contributed by atoms with Crippen LogP contribution >= 0.6 is 0 Å². The van der Waals surface area contributed by atoms with Crippen LogP contribution in [-0.2, 0) is 14.4 Å². The van der Waals surface area contributed by atoms with Crippen molar-refractivity contribution in [2.75, 3.05) is 20.2 Å². The molecule has 0 saturated carbocycles. The van der Waals surface area contributed by atoms with Crippen LogP contribution in [0.2, 0.25) is 0 Å². The van der Waals surface area contributed by atoms with Gasteiger partial charge in [-0.05, 0) is 26.3 Å². The zero-order valence-electron chi connectivity index (χ0n) is 8.99. The van der Waals surface area contributed by atoms with Crippen molar-refractivity contribution in [3.05, 3.63) is 0 Å². The molecule has 1 rings (SSSR count). The number of hydroxylamine groups is 2. The first-order valence-electron chi connectivity index (χ1n) is 4.99. The molecule has 0 spiro atoms. The molecule has 6 nitrogen and oxygen atoms in total. The Balaban J connectivity index is 2.43. The molecule has 6 heteroatoms. The van der Waals surface area contributed by atoms with E-state index in [4.69, 9.17) is 4.84 Å². The summed E-state index contributed by atoms with van der Waals surface area (Å²) in [6, 6.07) is -0.302. The van der Waals surface area contributed by atoms with Gasteiger partial charge in [0.25, 0.3) is 0 Å². The number of carbonyl (C=O) groups is 2. The molecule has 0 aliphatic carbocycles. The molecule has 1 heterocycles. The fourth-order valence-corrected chi connectivity index (χ4v) is 1.39. The number of rotatable bonds is 2. The number of methoxy groups -OCH3 is 1. The molecule has 1 atom stereocenters. The monoisotopic (exact) mass is 216 g/mol. The Morgan fingerprint density at radius 3 is 2.73 bits per heavy atom. The van der Waals surface area contributed by atoms with Gasteiger partial charge in [0.15, 0.2) is 0 Å². The maximum absolute atomic E-state index is 11.5. The van der Waals surface area contributed by atoms with Crippen LogP contribution < -0.4 is 5.32 Å². The number of nitrogens with one attached hydrogen (secondary N) is 1. The lowest BCUT2D eigenvalue weighted by atomic mass is 10.2. The minimum absolute atomic E-state index is 0.269. The lowest BCUT2D eigenvalue weighted by Gasteiger charge is -2.19. The summed E-state index contributed by atoms with van der Waals surface area (Å²) in [6.45, 7) is 2.78. The molecule has 86 valence electrons. The van der Waals surface area contributed by atoms with Crippen molar-refractivity contribution < 1.29 is 19.2 Å². The zero-order chi connectivity index (χ0) is 11.3. The van der Waals surface area contributed by atoms with Crippen molar-refractivity contribution in [3.8, 4) is 0 Å². The Kier molecular flexibility index (Phi) is 4.36. The molecule has 0 aromatic heterocycles. The average Bonchev–Trinajstić information content (AvgIpc) is 2.77. The van der Waals surface area contributed by atoms with Crippen molar-refractivity contribution in [1.29, 1.82) is 0 Å². The number of carbonyl (C=O) groups excluding carboxylic acids is 2. The van der Waals surface area contributed by atoms with Crippen LogP contribution in [0.15, 0.2) is 0 Å². The molecule has 0 bridgehead atoms. The van der Waals surface area contributed by atoms with E-state index in [1.807, 2.05) is 0 Å². The molecular formula is C9H16N2O4. The smallest absolute Gasteiger partial charge is 0.443 e. The third kappa shape index (κ3) is 3.09. The van der Waals surface area contributed by atoms with Crippen LogP contribution in [0.1, 0.15) is 19.8 Å². The summed E-state index contributed by atoms with van der Waals surface area (Å²) in [4.78, 5) is 27.5. The second-order valence-electron chi connectivity index (χ2n) is 3.22.